The molecule has 0 radical (unpaired) electrons. The third kappa shape index (κ3) is 2.77. The smallest absolute Gasteiger partial charge is 0.237 e. The number of aromatic nitrogens is 1. The van der Waals surface area contributed by atoms with Gasteiger partial charge in [0, 0.05) is 6.07 Å². The average Bonchev–Trinajstić information content (AvgIpc) is 2.48. The standard InChI is InChI=1S/C14H10N4O2/c1-19-12-2-9(6-15)3-13(5-12)20-14-10(7-16)4-11(17)8-18-14/h2-5,8H,17H2,1H3. The minimum Gasteiger partial charge on any atom is -0.497 e. The molecule has 0 fully saturated rings. The maximum absolute atomic E-state index is 9.02. The number of methoxy groups -OCH3 is 1. The van der Waals surface area contributed by atoms with E-state index in [1.165, 1.54) is 25.4 Å². The molecular weight excluding hydrogens is 256 g/mol. The first-order chi connectivity index (χ1) is 9.66. The Labute approximate surface area is 115 Å². The first-order valence-corrected chi connectivity index (χ1v) is 5.59. The van der Waals surface area contributed by atoms with Gasteiger partial charge in [0.2, 0.25) is 5.88 Å². The molecule has 1 aromatic carbocycles. The van der Waals surface area contributed by atoms with Crippen LogP contribution in [0.3, 0.4) is 0 Å². The van der Waals surface area contributed by atoms with Crippen LogP contribution in [0.15, 0.2) is 30.5 Å². The van der Waals surface area contributed by atoms with E-state index in [0.29, 0.717) is 22.7 Å². The Morgan fingerprint density at radius 1 is 1.10 bits per heavy atom. The number of ether oxygens (including phenoxy) is 2. The second-order valence-electron chi connectivity index (χ2n) is 3.84. The van der Waals surface area contributed by atoms with Crippen molar-refractivity contribution < 1.29 is 9.47 Å². The number of benzene rings is 1. The molecule has 0 bridgehead atoms. The van der Waals surface area contributed by atoms with E-state index in [4.69, 9.17) is 25.7 Å². The molecule has 0 unspecified atom stereocenters. The van der Waals surface area contributed by atoms with Crippen LogP contribution in [0.1, 0.15) is 11.1 Å². The monoisotopic (exact) mass is 266 g/mol. The van der Waals surface area contributed by atoms with E-state index in [-0.39, 0.29) is 11.4 Å². The summed E-state index contributed by atoms with van der Waals surface area (Å²) in [6.45, 7) is 0. The first-order valence-electron chi connectivity index (χ1n) is 5.59. The fraction of sp³-hybridized carbons (Fsp3) is 0.0714. The fourth-order valence-corrected chi connectivity index (χ4v) is 1.55. The van der Waals surface area contributed by atoms with Crippen molar-refractivity contribution in [2.24, 2.45) is 0 Å². The molecule has 0 amide bonds. The number of nitrogen functional groups attached to an aromatic ring is 1. The van der Waals surface area contributed by atoms with Crippen LogP contribution < -0.4 is 15.2 Å². The van der Waals surface area contributed by atoms with Gasteiger partial charge in [-0.05, 0) is 18.2 Å². The molecule has 0 saturated carbocycles. The molecular formula is C14H10N4O2. The molecule has 98 valence electrons. The lowest BCUT2D eigenvalue weighted by Crippen LogP contribution is -1.95. The zero-order valence-corrected chi connectivity index (χ0v) is 10.6. The maximum atomic E-state index is 9.02. The predicted octanol–water partition coefficient (Wildman–Crippen LogP) is 2.21. The lowest BCUT2D eigenvalue weighted by molar-refractivity contribution is 0.407. The van der Waals surface area contributed by atoms with Crippen LogP contribution in [0.25, 0.3) is 0 Å². The molecule has 2 rings (SSSR count). The molecule has 0 aliphatic rings. The third-order valence-electron chi connectivity index (χ3n) is 2.45. The quantitative estimate of drug-likeness (QED) is 0.913. The molecule has 20 heavy (non-hydrogen) atoms. The molecule has 6 nitrogen and oxygen atoms in total. The lowest BCUT2D eigenvalue weighted by Gasteiger charge is -2.08. The highest BCUT2D eigenvalue weighted by molar-refractivity contribution is 5.51. The normalized spacial score (nSPS) is 9.35. The van der Waals surface area contributed by atoms with Crippen molar-refractivity contribution in [3.63, 3.8) is 0 Å². The number of nitrogens with zero attached hydrogens (tertiary/aromatic N) is 3. The van der Waals surface area contributed by atoms with Gasteiger partial charge < -0.3 is 15.2 Å². The Bertz CT molecular complexity index is 729. The number of rotatable bonds is 3. The van der Waals surface area contributed by atoms with Crippen molar-refractivity contribution in [1.82, 2.24) is 4.98 Å². The van der Waals surface area contributed by atoms with E-state index in [2.05, 4.69) is 4.98 Å². The van der Waals surface area contributed by atoms with Gasteiger partial charge in [-0.15, -0.1) is 0 Å². The topological polar surface area (TPSA) is 105 Å². The molecule has 0 spiro atoms. The highest BCUT2D eigenvalue weighted by Gasteiger charge is 2.09. The Morgan fingerprint density at radius 3 is 2.50 bits per heavy atom. The van der Waals surface area contributed by atoms with Crippen molar-refractivity contribution >= 4 is 5.69 Å². The zero-order valence-electron chi connectivity index (χ0n) is 10.6. The molecule has 0 aliphatic carbocycles. The van der Waals surface area contributed by atoms with Crippen LogP contribution in [-0.4, -0.2) is 12.1 Å². The zero-order chi connectivity index (χ0) is 14.5. The Kier molecular flexibility index (Phi) is 3.69. The summed E-state index contributed by atoms with van der Waals surface area (Å²) in [6.07, 6.45) is 1.39. The summed E-state index contributed by atoms with van der Waals surface area (Å²) >= 11 is 0. The minimum absolute atomic E-state index is 0.124. The number of nitrogens with two attached hydrogens (primary N) is 1. The third-order valence-corrected chi connectivity index (χ3v) is 2.45. The highest BCUT2D eigenvalue weighted by atomic mass is 16.5. The molecule has 2 N–H and O–H groups in total. The molecule has 1 aromatic heterocycles. The second kappa shape index (κ2) is 5.59. The number of anilines is 1. The summed E-state index contributed by atoms with van der Waals surface area (Å²) in [5.41, 5.74) is 6.52. The Morgan fingerprint density at radius 2 is 1.85 bits per heavy atom. The molecule has 2 aromatic rings. The summed E-state index contributed by atoms with van der Waals surface area (Å²) < 4.78 is 10.6. The van der Waals surface area contributed by atoms with Gasteiger partial charge in [-0.3, -0.25) is 0 Å². The van der Waals surface area contributed by atoms with Crippen molar-refractivity contribution in [3.8, 4) is 29.5 Å². The van der Waals surface area contributed by atoms with Crippen molar-refractivity contribution in [2.45, 2.75) is 0 Å². The van der Waals surface area contributed by atoms with Gasteiger partial charge in [0.25, 0.3) is 0 Å². The Balaban J connectivity index is 2.40. The van der Waals surface area contributed by atoms with Crippen LogP contribution >= 0.6 is 0 Å². The lowest BCUT2D eigenvalue weighted by atomic mass is 10.2. The van der Waals surface area contributed by atoms with E-state index in [1.54, 1.807) is 12.1 Å². The summed E-state index contributed by atoms with van der Waals surface area (Å²) in [5, 5.41) is 18.0. The van der Waals surface area contributed by atoms with Gasteiger partial charge in [0.1, 0.15) is 23.1 Å². The molecule has 0 saturated heterocycles. The molecule has 1 heterocycles. The summed E-state index contributed by atoms with van der Waals surface area (Å²) in [6, 6.07) is 10.1. The van der Waals surface area contributed by atoms with Crippen LogP contribution in [0, 0.1) is 22.7 Å². The number of pyridine rings is 1. The van der Waals surface area contributed by atoms with Gasteiger partial charge in [-0.2, -0.15) is 10.5 Å². The van der Waals surface area contributed by atoms with Gasteiger partial charge in [-0.25, -0.2) is 4.98 Å². The number of nitriles is 2. The fourth-order valence-electron chi connectivity index (χ4n) is 1.55. The minimum atomic E-state index is 0.124. The number of hydrogen-bond donors (Lipinski definition) is 1. The molecule has 0 atom stereocenters. The van der Waals surface area contributed by atoms with E-state index < -0.39 is 0 Å². The van der Waals surface area contributed by atoms with Gasteiger partial charge in [0.05, 0.1) is 30.6 Å². The predicted molar refractivity (Wildman–Crippen MR) is 71.1 cm³/mol. The van der Waals surface area contributed by atoms with Gasteiger partial charge >= 0.3 is 0 Å². The van der Waals surface area contributed by atoms with E-state index in [9.17, 15) is 0 Å². The Hall–Kier alpha value is -3.25. The van der Waals surface area contributed by atoms with Crippen LogP contribution in [0.4, 0.5) is 5.69 Å². The van der Waals surface area contributed by atoms with Crippen LogP contribution in [0.2, 0.25) is 0 Å². The van der Waals surface area contributed by atoms with Crippen LogP contribution in [0.5, 0.6) is 17.4 Å². The van der Waals surface area contributed by atoms with E-state index in [0.717, 1.165) is 0 Å². The van der Waals surface area contributed by atoms with Crippen LogP contribution in [-0.2, 0) is 0 Å². The molecule has 0 aliphatic heterocycles. The van der Waals surface area contributed by atoms with Crippen molar-refractivity contribution in [3.05, 3.63) is 41.6 Å². The van der Waals surface area contributed by atoms with Crippen molar-refractivity contribution in [1.29, 1.82) is 10.5 Å². The maximum Gasteiger partial charge on any atom is 0.237 e. The number of hydrogen-bond acceptors (Lipinski definition) is 6. The molecule has 6 heteroatoms. The summed E-state index contributed by atoms with van der Waals surface area (Å²) in [7, 11) is 1.49. The highest BCUT2D eigenvalue weighted by Crippen LogP contribution is 2.28. The summed E-state index contributed by atoms with van der Waals surface area (Å²) in [4.78, 5) is 3.96. The average molecular weight is 266 g/mol. The van der Waals surface area contributed by atoms with Gasteiger partial charge in [0.15, 0.2) is 0 Å². The van der Waals surface area contributed by atoms with Gasteiger partial charge in [-0.1, -0.05) is 0 Å². The largest absolute Gasteiger partial charge is 0.497 e. The van der Waals surface area contributed by atoms with E-state index >= 15 is 0 Å². The van der Waals surface area contributed by atoms with E-state index in [1.807, 2.05) is 12.1 Å². The first kappa shape index (κ1) is 13.2. The summed E-state index contributed by atoms with van der Waals surface area (Å²) in [5.74, 6) is 0.960. The second-order valence-corrected chi connectivity index (χ2v) is 3.84. The van der Waals surface area contributed by atoms with Crippen molar-refractivity contribution in [2.75, 3.05) is 12.8 Å². The SMILES string of the molecule is COc1cc(C#N)cc(Oc2ncc(N)cc2C#N)c1.